The van der Waals surface area contributed by atoms with Crippen LogP contribution in [0.2, 0.25) is 0 Å². The predicted octanol–water partition coefficient (Wildman–Crippen LogP) is 4.30. The van der Waals surface area contributed by atoms with Crippen molar-refractivity contribution in [1.29, 1.82) is 0 Å². The van der Waals surface area contributed by atoms with Gasteiger partial charge in [0.1, 0.15) is 41.1 Å². The molecule has 14 nitrogen and oxygen atoms in total. The number of fused-ring (bicyclic) bond motifs is 2. The van der Waals surface area contributed by atoms with Crippen LogP contribution in [0.3, 0.4) is 0 Å². The molecule has 5 aromatic rings. The quantitative estimate of drug-likeness (QED) is 0.0761. The highest BCUT2D eigenvalue weighted by molar-refractivity contribution is 7.98. The second kappa shape index (κ2) is 14.2. The Morgan fingerprint density at radius 1 is 1.16 bits per heavy atom. The molecule has 6 rings (SSSR count). The van der Waals surface area contributed by atoms with E-state index in [4.69, 9.17) is 24.5 Å². The number of aromatic nitrogens is 4. The summed E-state index contributed by atoms with van der Waals surface area (Å²) in [4.78, 5) is 38.8. The normalized spacial score (nSPS) is 22.3. The predicted molar refractivity (Wildman–Crippen MR) is 182 cm³/mol. The number of rotatable bonds is 11. The molecular weight excluding hydrogens is 671 g/mol. The van der Waals surface area contributed by atoms with Gasteiger partial charge in [0.2, 0.25) is 11.7 Å². The van der Waals surface area contributed by atoms with E-state index >= 15 is 0 Å². The van der Waals surface area contributed by atoms with E-state index in [2.05, 4.69) is 19.7 Å². The summed E-state index contributed by atoms with van der Waals surface area (Å²) in [7, 11) is -2.76. The van der Waals surface area contributed by atoms with E-state index < -0.39 is 50.3 Å². The highest BCUT2D eigenvalue weighted by Gasteiger charge is 2.54. The molecule has 4 N–H and O–H groups in total. The molecule has 2 unspecified atom stereocenters. The molecule has 3 aromatic carbocycles. The van der Waals surface area contributed by atoms with Gasteiger partial charge in [0, 0.05) is 5.39 Å². The SMILES string of the molecule is CSc1nc(N)nc2c1ncn2C1O[C@H](COc2ccc3ccccc3c2O[P+]([O-])=N[C@@H](C)C(=O)O[C@@H](C)c2ccccc2)[C@@H](O)[C@@]1(C)O. The van der Waals surface area contributed by atoms with Gasteiger partial charge in [0.05, 0.1) is 6.33 Å². The third-order valence-electron chi connectivity index (χ3n) is 8.19. The second-order valence-corrected chi connectivity index (χ2v) is 13.3. The van der Waals surface area contributed by atoms with Gasteiger partial charge >= 0.3 is 14.1 Å². The molecule has 0 saturated carbocycles. The van der Waals surface area contributed by atoms with Gasteiger partial charge in [-0.25, -0.2) is 14.8 Å². The topological polar surface area (TPSA) is 199 Å². The van der Waals surface area contributed by atoms with Crippen LogP contribution in [0, 0.1) is 0 Å². The number of thioether (sulfide) groups is 1. The van der Waals surface area contributed by atoms with Crippen molar-refractivity contribution in [1.82, 2.24) is 19.5 Å². The van der Waals surface area contributed by atoms with Crippen molar-refractivity contribution in [3.05, 3.63) is 78.6 Å². The first-order valence-electron chi connectivity index (χ1n) is 15.3. The fourth-order valence-corrected chi connectivity index (χ4v) is 6.85. The zero-order chi connectivity index (χ0) is 34.9. The summed E-state index contributed by atoms with van der Waals surface area (Å²) in [6.45, 7) is 4.43. The van der Waals surface area contributed by atoms with E-state index in [9.17, 15) is 19.9 Å². The molecule has 16 heteroatoms. The molecule has 0 bridgehead atoms. The average molecular weight is 707 g/mol. The molecule has 3 heterocycles. The van der Waals surface area contributed by atoms with Crippen molar-refractivity contribution in [3.63, 3.8) is 0 Å². The highest BCUT2D eigenvalue weighted by atomic mass is 32.2. The molecule has 1 saturated heterocycles. The number of carbonyl (C=O) groups is 1. The van der Waals surface area contributed by atoms with Gasteiger partial charge < -0.3 is 35.1 Å². The Kier molecular flexibility index (Phi) is 10.0. The van der Waals surface area contributed by atoms with Crippen molar-refractivity contribution in [2.45, 2.75) is 62.0 Å². The van der Waals surface area contributed by atoms with Gasteiger partial charge in [0.15, 0.2) is 23.7 Å². The fourth-order valence-electron chi connectivity index (χ4n) is 5.56. The molecule has 0 spiro atoms. The molecule has 2 aromatic heterocycles. The van der Waals surface area contributed by atoms with Crippen LogP contribution in [0.5, 0.6) is 11.5 Å². The number of aliphatic hydroxyl groups excluding tert-OH is 1. The Morgan fingerprint density at radius 2 is 1.90 bits per heavy atom. The number of ether oxygens (including phenoxy) is 3. The van der Waals surface area contributed by atoms with Crippen LogP contribution >= 0.6 is 19.9 Å². The summed E-state index contributed by atoms with van der Waals surface area (Å²) >= 11 is 1.34. The van der Waals surface area contributed by atoms with Crippen molar-refractivity contribution in [2.75, 3.05) is 18.6 Å². The summed E-state index contributed by atoms with van der Waals surface area (Å²) in [5, 5.41) is 24.5. The van der Waals surface area contributed by atoms with E-state index in [1.165, 1.54) is 36.5 Å². The van der Waals surface area contributed by atoms with Crippen LogP contribution in [0.4, 0.5) is 5.95 Å². The number of hydrogen-bond donors (Lipinski definition) is 3. The van der Waals surface area contributed by atoms with Crippen LogP contribution in [0.25, 0.3) is 21.9 Å². The lowest BCUT2D eigenvalue weighted by Gasteiger charge is -2.27. The van der Waals surface area contributed by atoms with Gasteiger partial charge in [0.25, 0.3) is 0 Å². The van der Waals surface area contributed by atoms with Crippen LogP contribution in [-0.4, -0.2) is 72.4 Å². The maximum Gasteiger partial charge on any atom is 0.395 e. The van der Waals surface area contributed by atoms with Gasteiger partial charge in [-0.3, -0.25) is 9.09 Å². The Bertz CT molecular complexity index is 2010. The van der Waals surface area contributed by atoms with E-state index in [1.54, 1.807) is 31.2 Å². The monoisotopic (exact) mass is 706 g/mol. The van der Waals surface area contributed by atoms with E-state index in [-0.39, 0.29) is 24.1 Å². The van der Waals surface area contributed by atoms with E-state index in [0.29, 0.717) is 21.6 Å². The molecule has 1 fully saturated rings. The minimum atomic E-state index is -2.76. The zero-order valence-electron chi connectivity index (χ0n) is 27.0. The number of esters is 1. The Labute approximate surface area is 286 Å². The lowest BCUT2D eigenvalue weighted by molar-refractivity contribution is -0.170. The summed E-state index contributed by atoms with van der Waals surface area (Å²) in [6.07, 6.45) is -0.759. The number of benzene rings is 3. The molecule has 0 radical (unpaired) electrons. The second-order valence-electron chi connectivity index (χ2n) is 11.6. The molecule has 7 atom stereocenters. The molecule has 256 valence electrons. The number of aliphatic hydroxyl groups is 2. The van der Waals surface area contributed by atoms with Crippen molar-refractivity contribution in [3.8, 4) is 11.5 Å². The molecule has 49 heavy (non-hydrogen) atoms. The van der Waals surface area contributed by atoms with Crippen molar-refractivity contribution in [2.24, 2.45) is 4.74 Å². The molecule has 0 amide bonds. The lowest BCUT2D eigenvalue weighted by Crippen LogP contribution is -2.44. The van der Waals surface area contributed by atoms with E-state index in [0.717, 1.165) is 10.9 Å². The van der Waals surface area contributed by atoms with E-state index in [1.807, 2.05) is 48.7 Å². The third-order valence-corrected chi connectivity index (χ3v) is 9.74. The standard InChI is InChI=1S/C33H35N6O8PS/c1-18(30(41)45-19(2)20-10-6-5-7-11-20)38-48(43)47-26-22-13-9-8-12-21(22)14-15-23(26)44-16-24-27(40)33(3,42)31(46-24)39-17-35-25-28(39)36-32(34)37-29(25)49-4/h5-15,17-19,24,27,31,40,42H,16H2,1-4H3,(H2,34,36,37)/t18-,19-,24+,27+,31?,33+/m0/s1. The first kappa shape index (κ1) is 34.5. The number of nitrogen functional groups attached to an aromatic ring is 1. The highest BCUT2D eigenvalue weighted by Crippen LogP contribution is 2.43. The van der Waals surface area contributed by atoms with Crippen molar-refractivity contribution >= 4 is 53.8 Å². The number of imidazole rings is 1. The molecule has 1 aliphatic heterocycles. The fraction of sp³-hybridized carbons (Fsp3) is 0.333. The average Bonchev–Trinajstić information content (AvgIpc) is 3.60. The summed E-state index contributed by atoms with van der Waals surface area (Å²) < 4.78 is 29.1. The number of carbonyl (C=O) groups excluding carboxylic acids is 1. The Balaban J connectivity index is 1.21. The maximum absolute atomic E-state index is 13.2. The van der Waals surface area contributed by atoms with Crippen LogP contribution < -0.4 is 19.9 Å². The number of anilines is 1. The van der Waals surface area contributed by atoms with Gasteiger partial charge in [-0.15, -0.1) is 11.8 Å². The minimum Gasteiger partial charge on any atom is -0.575 e. The van der Waals surface area contributed by atoms with Gasteiger partial charge in [-0.1, -0.05) is 65.4 Å². The number of nitrogens with zero attached hydrogens (tertiary/aromatic N) is 5. The molecule has 1 aliphatic rings. The lowest BCUT2D eigenvalue weighted by atomic mass is 9.96. The first-order chi connectivity index (χ1) is 23.5. The van der Waals surface area contributed by atoms with Crippen molar-refractivity contribution < 1.29 is 38.6 Å². The molecular formula is C33H35N6O8PS. The van der Waals surface area contributed by atoms with Crippen LogP contribution in [-0.2, 0) is 14.3 Å². The summed E-state index contributed by atoms with van der Waals surface area (Å²) in [6, 6.07) is 18.8. The first-order valence-corrected chi connectivity index (χ1v) is 17.7. The van der Waals surface area contributed by atoms with Gasteiger partial charge in [-0.2, -0.15) is 4.98 Å². The third kappa shape index (κ3) is 7.04. The summed E-state index contributed by atoms with van der Waals surface area (Å²) in [5.74, 6) is -0.327. The smallest absolute Gasteiger partial charge is 0.395 e. The Hall–Kier alpha value is -4.37. The summed E-state index contributed by atoms with van der Waals surface area (Å²) in [5.41, 5.74) is 5.76. The minimum absolute atomic E-state index is 0.0265. The van der Waals surface area contributed by atoms with Crippen LogP contribution in [0.15, 0.2) is 82.8 Å². The number of hydrogen-bond acceptors (Lipinski definition) is 14. The largest absolute Gasteiger partial charge is 0.575 e. The zero-order valence-corrected chi connectivity index (χ0v) is 28.7. The van der Waals surface area contributed by atoms with Crippen LogP contribution in [0.1, 0.15) is 38.7 Å². The molecule has 0 aliphatic carbocycles. The number of nitrogens with two attached hydrogens (primary N) is 1. The Morgan fingerprint density at radius 3 is 2.65 bits per heavy atom. The van der Waals surface area contributed by atoms with Gasteiger partial charge in [-0.05, 0) is 44.0 Å². The maximum atomic E-state index is 13.2.